The zero-order chi connectivity index (χ0) is 27.2. The molecule has 41 heavy (non-hydrogen) atoms. The molecule has 1 aliphatic rings. The van der Waals surface area contributed by atoms with Gasteiger partial charge in [-0.15, -0.1) is 0 Å². The van der Waals surface area contributed by atoms with E-state index in [1.165, 1.54) is 32.9 Å². The molecule has 194 valence electrons. The number of benzene rings is 5. The second kappa shape index (κ2) is 9.72. The third kappa shape index (κ3) is 4.06. The van der Waals surface area contributed by atoms with Crippen LogP contribution in [-0.2, 0) is 0 Å². The fourth-order valence-electron chi connectivity index (χ4n) is 6.14. The molecule has 0 radical (unpaired) electrons. The van der Waals surface area contributed by atoms with Crippen LogP contribution < -0.4 is 0 Å². The molecule has 8 rings (SSSR count). The van der Waals surface area contributed by atoms with Crippen LogP contribution in [0.5, 0.6) is 0 Å². The molecule has 1 unspecified atom stereocenters. The fourth-order valence-corrected chi connectivity index (χ4v) is 6.14. The van der Waals surface area contributed by atoms with Crippen molar-refractivity contribution in [3.8, 4) is 17.1 Å². The summed E-state index contributed by atoms with van der Waals surface area (Å²) in [5.74, 6) is 0.963. The van der Waals surface area contributed by atoms with Crippen molar-refractivity contribution in [2.24, 2.45) is 0 Å². The van der Waals surface area contributed by atoms with Gasteiger partial charge in [-0.05, 0) is 60.0 Å². The van der Waals surface area contributed by atoms with Crippen molar-refractivity contribution in [2.75, 3.05) is 0 Å². The third-order valence-electron chi connectivity index (χ3n) is 8.15. The van der Waals surface area contributed by atoms with Gasteiger partial charge in [0.05, 0.1) is 22.2 Å². The monoisotopic (exact) mass is 525 g/mol. The highest BCUT2D eigenvalue weighted by atomic mass is 15.0. The first-order chi connectivity index (χ1) is 20.3. The maximum Gasteiger partial charge on any atom is 0.160 e. The van der Waals surface area contributed by atoms with Gasteiger partial charge in [0.25, 0.3) is 0 Å². The Morgan fingerprint density at radius 3 is 1.88 bits per heavy atom. The van der Waals surface area contributed by atoms with Crippen molar-refractivity contribution in [3.05, 3.63) is 157 Å². The van der Waals surface area contributed by atoms with Crippen LogP contribution in [-0.4, -0.2) is 14.5 Å². The van der Waals surface area contributed by atoms with E-state index in [4.69, 9.17) is 9.97 Å². The SMILES string of the molecule is C1=CC(c2nc(-c3ccc(-n4c5ccccc5c5ccccc54)cc3)nc3ccccc23)CC=C1c1ccccc1. The largest absolute Gasteiger partial charge is 0.309 e. The number of para-hydroxylation sites is 3. The lowest BCUT2D eigenvalue weighted by Gasteiger charge is -2.19. The molecule has 0 aliphatic heterocycles. The van der Waals surface area contributed by atoms with Gasteiger partial charge in [0, 0.05) is 33.3 Å². The number of rotatable bonds is 4. The van der Waals surface area contributed by atoms with E-state index in [-0.39, 0.29) is 5.92 Å². The van der Waals surface area contributed by atoms with Gasteiger partial charge in [0.15, 0.2) is 5.82 Å². The smallest absolute Gasteiger partial charge is 0.160 e. The highest BCUT2D eigenvalue weighted by molar-refractivity contribution is 6.09. The minimum Gasteiger partial charge on any atom is -0.309 e. The van der Waals surface area contributed by atoms with Gasteiger partial charge < -0.3 is 4.57 Å². The predicted molar refractivity (Wildman–Crippen MR) is 170 cm³/mol. The van der Waals surface area contributed by atoms with E-state index in [0.717, 1.165) is 40.1 Å². The van der Waals surface area contributed by atoms with Crippen molar-refractivity contribution < 1.29 is 0 Å². The Morgan fingerprint density at radius 1 is 0.561 bits per heavy atom. The van der Waals surface area contributed by atoms with E-state index >= 15 is 0 Å². The van der Waals surface area contributed by atoms with E-state index < -0.39 is 0 Å². The number of aromatic nitrogens is 3. The summed E-state index contributed by atoms with van der Waals surface area (Å²) in [6.45, 7) is 0. The molecule has 0 N–H and O–H groups in total. The minimum absolute atomic E-state index is 0.200. The Bertz CT molecular complexity index is 2060. The molecule has 0 saturated heterocycles. The number of allylic oxidation sites excluding steroid dienone is 4. The first kappa shape index (κ1) is 23.6. The number of hydrogen-bond acceptors (Lipinski definition) is 2. The third-order valence-corrected chi connectivity index (χ3v) is 8.15. The molecule has 0 spiro atoms. The normalized spacial score (nSPS) is 15.0. The first-order valence-corrected chi connectivity index (χ1v) is 14.1. The summed E-state index contributed by atoms with van der Waals surface area (Å²) in [6.07, 6.45) is 7.78. The lowest BCUT2D eigenvalue weighted by Crippen LogP contribution is -2.05. The molecule has 1 aliphatic carbocycles. The van der Waals surface area contributed by atoms with Crippen LogP contribution in [0.3, 0.4) is 0 Å². The van der Waals surface area contributed by atoms with Crippen LogP contribution in [0.15, 0.2) is 146 Å². The lowest BCUT2D eigenvalue weighted by atomic mass is 9.89. The molecular weight excluding hydrogens is 498 g/mol. The van der Waals surface area contributed by atoms with Crippen LogP contribution in [0.2, 0.25) is 0 Å². The molecule has 5 aromatic carbocycles. The highest BCUT2D eigenvalue weighted by Crippen LogP contribution is 2.35. The van der Waals surface area contributed by atoms with E-state index in [1.807, 2.05) is 0 Å². The minimum atomic E-state index is 0.200. The van der Waals surface area contributed by atoms with Crippen molar-refractivity contribution in [2.45, 2.75) is 12.3 Å². The summed E-state index contributed by atoms with van der Waals surface area (Å²) < 4.78 is 2.34. The van der Waals surface area contributed by atoms with Crippen molar-refractivity contribution in [1.29, 1.82) is 0 Å². The molecular formula is C38H27N3. The molecule has 0 fully saturated rings. The average molecular weight is 526 g/mol. The quantitative estimate of drug-likeness (QED) is 0.229. The summed E-state index contributed by atoms with van der Waals surface area (Å²) in [6, 6.07) is 44.8. The number of nitrogens with zero attached hydrogens (tertiary/aromatic N) is 3. The molecule has 2 heterocycles. The van der Waals surface area contributed by atoms with Crippen LogP contribution >= 0.6 is 0 Å². The van der Waals surface area contributed by atoms with Crippen molar-refractivity contribution in [1.82, 2.24) is 14.5 Å². The Morgan fingerprint density at radius 2 is 1.20 bits per heavy atom. The van der Waals surface area contributed by atoms with Crippen molar-refractivity contribution in [3.63, 3.8) is 0 Å². The summed E-state index contributed by atoms with van der Waals surface area (Å²) >= 11 is 0. The molecule has 3 nitrogen and oxygen atoms in total. The van der Waals surface area contributed by atoms with Gasteiger partial charge >= 0.3 is 0 Å². The number of fused-ring (bicyclic) bond motifs is 4. The predicted octanol–water partition coefficient (Wildman–Crippen LogP) is 9.52. The van der Waals surface area contributed by atoms with E-state index in [1.54, 1.807) is 0 Å². The van der Waals surface area contributed by atoms with Gasteiger partial charge in [-0.3, -0.25) is 0 Å². The van der Waals surface area contributed by atoms with Gasteiger partial charge in [0.1, 0.15) is 0 Å². The Kier molecular flexibility index (Phi) is 5.60. The maximum absolute atomic E-state index is 5.19. The van der Waals surface area contributed by atoms with Gasteiger partial charge in [-0.1, -0.05) is 103 Å². The fraction of sp³-hybridized carbons (Fsp3) is 0.0526. The molecule has 3 heteroatoms. The Hall–Kier alpha value is -5.28. The molecule has 0 saturated carbocycles. The molecule has 0 amide bonds. The first-order valence-electron chi connectivity index (χ1n) is 14.1. The molecule has 7 aromatic rings. The summed E-state index contributed by atoms with van der Waals surface area (Å²) in [4.78, 5) is 10.2. The van der Waals surface area contributed by atoms with Crippen LogP contribution in [0.25, 0.3) is 55.4 Å². The summed E-state index contributed by atoms with van der Waals surface area (Å²) in [7, 11) is 0. The Labute approximate surface area is 238 Å². The molecule has 0 bridgehead atoms. The van der Waals surface area contributed by atoms with E-state index in [2.05, 4.69) is 150 Å². The Balaban J connectivity index is 1.19. The van der Waals surface area contributed by atoms with Crippen LogP contribution in [0.1, 0.15) is 23.6 Å². The number of hydrogen-bond donors (Lipinski definition) is 0. The topological polar surface area (TPSA) is 30.7 Å². The standard InChI is InChI=1S/C38H27N3/c1-2-10-26(11-3-1)27-18-20-28(21-19-27)37-33-14-4-7-15-34(33)39-38(40-37)29-22-24-30(25-23-29)41-35-16-8-5-12-31(35)32-13-6-9-17-36(32)41/h1-20,22-25,28H,21H2. The summed E-state index contributed by atoms with van der Waals surface area (Å²) in [5, 5.41) is 3.64. The van der Waals surface area contributed by atoms with E-state index in [0.29, 0.717) is 0 Å². The van der Waals surface area contributed by atoms with Gasteiger partial charge in [0.2, 0.25) is 0 Å². The molecule has 2 aromatic heterocycles. The van der Waals surface area contributed by atoms with Gasteiger partial charge in [-0.25, -0.2) is 9.97 Å². The van der Waals surface area contributed by atoms with Crippen LogP contribution in [0, 0.1) is 0 Å². The zero-order valence-corrected chi connectivity index (χ0v) is 22.5. The van der Waals surface area contributed by atoms with Crippen LogP contribution in [0.4, 0.5) is 0 Å². The average Bonchev–Trinajstić information content (AvgIpc) is 3.39. The lowest BCUT2D eigenvalue weighted by molar-refractivity contribution is 0.825. The van der Waals surface area contributed by atoms with Crippen molar-refractivity contribution >= 4 is 38.3 Å². The van der Waals surface area contributed by atoms with E-state index in [9.17, 15) is 0 Å². The highest BCUT2D eigenvalue weighted by Gasteiger charge is 2.19. The zero-order valence-electron chi connectivity index (χ0n) is 22.5. The van der Waals surface area contributed by atoms with Gasteiger partial charge in [-0.2, -0.15) is 0 Å². The second-order valence-electron chi connectivity index (χ2n) is 10.6. The molecule has 1 atom stereocenters. The second-order valence-corrected chi connectivity index (χ2v) is 10.6. The maximum atomic E-state index is 5.19. The summed E-state index contributed by atoms with van der Waals surface area (Å²) in [5.41, 5.74) is 9.12.